The minimum Gasteiger partial charge on any atom is -0.490 e. The molecule has 0 aliphatic heterocycles. The zero-order chi connectivity index (χ0) is 15.2. The number of benzene rings is 2. The standard InChI is InChI=1S/C16H16ClNO2S/c1-11-10-12(17)6-7-14(11)19-8-9-20-15-5-3-2-4-13(15)16(18)21/h2-7,10H,8-9H2,1H3,(H2,18,21). The van der Waals surface area contributed by atoms with Crippen LogP contribution in [0.3, 0.4) is 0 Å². The van der Waals surface area contributed by atoms with Crippen molar-refractivity contribution in [3.63, 3.8) is 0 Å². The molecule has 2 aromatic rings. The molecule has 5 heteroatoms. The molecule has 2 rings (SSSR count). The van der Waals surface area contributed by atoms with Gasteiger partial charge >= 0.3 is 0 Å². The van der Waals surface area contributed by atoms with Crippen LogP contribution in [0.15, 0.2) is 42.5 Å². The third kappa shape index (κ3) is 4.34. The zero-order valence-corrected chi connectivity index (χ0v) is 13.2. The van der Waals surface area contributed by atoms with E-state index in [9.17, 15) is 0 Å². The Balaban J connectivity index is 1.89. The van der Waals surface area contributed by atoms with Crippen molar-refractivity contribution in [2.45, 2.75) is 6.92 Å². The van der Waals surface area contributed by atoms with Gasteiger partial charge in [0, 0.05) is 5.02 Å². The van der Waals surface area contributed by atoms with Crippen LogP contribution in [-0.4, -0.2) is 18.2 Å². The minimum absolute atomic E-state index is 0.320. The summed E-state index contributed by atoms with van der Waals surface area (Å²) in [7, 11) is 0. The van der Waals surface area contributed by atoms with E-state index in [0.717, 1.165) is 16.9 Å². The van der Waals surface area contributed by atoms with Crippen LogP contribution in [0.1, 0.15) is 11.1 Å². The maximum atomic E-state index is 5.90. The van der Waals surface area contributed by atoms with Crippen molar-refractivity contribution in [3.8, 4) is 11.5 Å². The Morgan fingerprint density at radius 1 is 1.10 bits per heavy atom. The first-order valence-corrected chi connectivity index (χ1v) is 7.27. The molecular weight excluding hydrogens is 306 g/mol. The second-order valence-electron chi connectivity index (χ2n) is 4.47. The van der Waals surface area contributed by atoms with Gasteiger partial charge in [0.2, 0.25) is 0 Å². The van der Waals surface area contributed by atoms with Crippen molar-refractivity contribution < 1.29 is 9.47 Å². The highest BCUT2D eigenvalue weighted by atomic mass is 35.5. The zero-order valence-electron chi connectivity index (χ0n) is 11.6. The SMILES string of the molecule is Cc1cc(Cl)ccc1OCCOc1ccccc1C(N)=S. The summed E-state index contributed by atoms with van der Waals surface area (Å²) in [6.45, 7) is 2.78. The van der Waals surface area contributed by atoms with Crippen molar-refractivity contribution in [2.24, 2.45) is 5.73 Å². The molecule has 0 heterocycles. The largest absolute Gasteiger partial charge is 0.490 e. The molecule has 21 heavy (non-hydrogen) atoms. The average molecular weight is 322 g/mol. The number of hydrogen-bond acceptors (Lipinski definition) is 3. The number of thiocarbonyl (C=S) groups is 1. The first kappa shape index (κ1) is 15.6. The minimum atomic E-state index is 0.320. The molecule has 0 radical (unpaired) electrons. The van der Waals surface area contributed by atoms with Crippen LogP contribution in [0.4, 0.5) is 0 Å². The molecule has 0 aromatic heterocycles. The summed E-state index contributed by atoms with van der Waals surface area (Å²) in [6, 6.07) is 12.9. The van der Waals surface area contributed by atoms with Gasteiger partial charge in [0.15, 0.2) is 0 Å². The van der Waals surface area contributed by atoms with Gasteiger partial charge in [0.05, 0.1) is 5.56 Å². The van der Waals surface area contributed by atoms with Crippen LogP contribution in [-0.2, 0) is 0 Å². The summed E-state index contributed by atoms with van der Waals surface area (Å²) in [5.41, 5.74) is 7.37. The number of rotatable bonds is 6. The summed E-state index contributed by atoms with van der Waals surface area (Å²) in [4.78, 5) is 0.320. The van der Waals surface area contributed by atoms with Crippen molar-refractivity contribution in [1.82, 2.24) is 0 Å². The van der Waals surface area contributed by atoms with Crippen molar-refractivity contribution in [2.75, 3.05) is 13.2 Å². The molecule has 0 fully saturated rings. The molecule has 3 nitrogen and oxygen atoms in total. The van der Waals surface area contributed by atoms with Crippen molar-refractivity contribution in [1.29, 1.82) is 0 Å². The van der Waals surface area contributed by atoms with E-state index >= 15 is 0 Å². The topological polar surface area (TPSA) is 44.5 Å². The van der Waals surface area contributed by atoms with Gasteiger partial charge in [-0.25, -0.2) is 0 Å². The van der Waals surface area contributed by atoms with Crippen molar-refractivity contribution in [3.05, 3.63) is 58.6 Å². The van der Waals surface area contributed by atoms with E-state index in [4.69, 9.17) is 39.0 Å². The molecule has 0 amide bonds. The van der Waals surface area contributed by atoms with E-state index in [1.54, 1.807) is 6.07 Å². The predicted octanol–water partition coefficient (Wildman–Crippen LogP) is 3.74. The number of hydrogen-bond donors (Lipinski definition) is 1. The first-order valence-electron chi connectivity index (χ1n) is 6.48. The maximum Gasteiger partial charge on any atom is 0.129 e. The average Bonchev–Trinajstić information content (AvgIpc) is 2.45. The number of para-hydroxylation sites is 1. The number of nitrogens with two attached hydrogens (primary N) is 1. The normalized spacial score (nSPS) is 10.2. The van der Waals surface area contributed by atoms with E-state index in [1.165, 1.54) is 0 Å². The fourth-order valence-electron chi connectivity index (χ4n) is 1.87. The van der Waals surface area contributed by atoms with Crippen LogP contribution in [0.2, 0.25) is 5.02 Å². The Morgan fingerprint density at radius 2 is 1.76 bits per heavy atom. The van der Waals surface area contributed by atoms with Crippen LogP contribution >= 0.6 is 23.8 Å². The third-order valence-electron chi connectivity index (χ3n) is 2.89. The smallest absolute Gasteiger partial charge is 0.129 e. The number of halogens is 1. The van der Waals surface area contributed by atoms with Crippen LogP contribution < -0.4 is 15.2 Å². The molecule has 0 unspecified atom stereocenters. The highest BCUT2D eigenvalue weighted by molar-refractivity contribution is 7.80. The van der Waals surface area contributed by atoms with Gasteiger partial charge in [-0.2, -0.15) is 0 Å². The lowest BCUT2D eigenvalue weighted by Crippen LogP contribution is -2.14. The van der Waals surface area contributed by atoms with Gasteiger partial charge in [-0.05, 0) is 42.8 Å². The fraction of sp³-hybridized carbons (Fsp3) is 0.188. The Labute approximate surface area is 134 Å². The lowest BCUT2D eigenvalue weighted by atomic mass is 10.2. The number of ether oxygens (including phenoxy) is 2. The summed E-state index contributed by atoms with van der Waals surface area (Å²) in [5.74, 6) is 1.46. The molecule has 110 valence electrons. The maximum absolute atomic E-state index is 5.90. The molecule has 0 saturated carbocycles. The molecule has 0 aliphatic rings. The first-order chi connectivity index (χ1) is 10.1. The van der Waals surface area contributed by atoms with Crippen molar-refractivity contribution >= 4 is 28.8 Å². The van der Waals surface area contributed by atoms with E-state index in [-0.39, 0.29) is 0 Å². The summed E-state index contributed by atoms with van der Waals surface area (Å²) >= 11 is 10.9. The number of aryl methyl sites for hydroxylation is 1. The Kier molecular flexibility index (Phi) is 5.42. The third-order valence-corrected chi connectivity index (χ3v) is 3.34. The Hall–Kier alpha value is -1.78. The highest BCUT2D eigenvalue weighted by Gasteiger charge is 2.05. The van der Waals surface area contributed by atoms with Gasteiger partial charge in [0.1, 0.15) is 29.7 Å². The summed E-state index contributed by atoms with van der Waals surface area (Å²) < 4.78 is 11.3. The molecular formula is C16H16ClNO2S. The monoisotopic (exact) mass is 321 g/mol. The summed E-state index contributed by atoms with van der Waals surface area (Å²) in [6.07, 6.45) is 0. The molecule has 0 spiro atoms. The highest BCUT2D eigenvalue weighted by Crippen LogP contribution is 2.22. The summed E-state index contributed by atoms with van der Waals surface area (Å²) in [5, 5.41) is 0.696. The molecule has 0 atom stereocenters. The molecule has 0 bridgehead atoms. The molecule has 2 N–H and O–H groups in total. The molecule has 0 aliphatic carbocycles. The quantitative estimate of drug-likeness (QED) is 0.650. The Bertz CT molecular complexity index is 646. The van der Waals surface area contributed by atoms with E-state index in [0.29, 0.717) is 29.0 Å². The van der Waals surface area contributed by atoms with E-state index in [1.807, 2.05) is 43.3 Å². The lowest BCUT2D eigenvalue weighted by Gasteiger charge is -2.12. The predicted molar refractivity (Wildman–Crippen MR) is 89.5 cm³/mol. The van der Waals surface area contributed by atoms with Gasteiger partial charge in [0.25, 0.3) is 0 Å². The van der Waals surface area contributed by atoms with Gasteiger partial charge in [-0.15, -0.1) is 0 Å². The van der Waals surface area contributed by atoms with E-state index in [2.05, 4.69) is 0 Å². The van der Waals surface area contributed by atoms with E-state index < -0.39 is 0 Å². The second-order valence-corrected chi connectivity index (χ2v) is 5.34. The van der Waals surface area contributed by atoms with Gasteiger partial charge in [-0.1, -0.05) is 36.0 Å². The van der Waals surface area contributed by atoms with Gasteiger partial charge in [-0.3, -0.25) is 0 Å². The molecule has 2 aromatic carbocycles. The van der Waals surface area contributed by atoms with Crippen LogP contribution in [0, 0.1) is 6.92 Å². The fourth-order valence-corrected chi connectivity index (χ4v) is 2.27. The molecule has 0 saturated heterocycles. The van der Waals surface area contributed by atoms with Crippen LogP contribution in [0.25, 0.3) is 0 Å². The Morgan fingerprint density at radius 3 is 2.43 bits per heavy atom. The van der Waals surface area contributed by atoms with Gasteiger partial charge < -0.3 is 15.2 Å². The lowest BCUT2D eigenvalue weighted by molar-refractivity contribution is 0.216. The van der Waals surface area contributed by atoms with Crippen LogP contribution in [0.5, 0.6) is 11.5 Å². The second kappa shape index (κ2) is 7.29.